The van der Waals surface area contributed by atoms with Crippen LogP contribution in [0.1, 0.15) is 57.4 Å². The van der Waals surface area contributed by atoms with Gasteiger partial charge < -0.3 is 4.74 Å². The summed E-state index contributed by atoms with van der Waals surface area (Å²) < 4.78 is 37.1. The van der Waals surface area contributed by atoms with E-state index in [1.54, 1.807) is 0 Å². The van der Waals surface area contributed by atoms with Gasteiger partial charge in [0.25, 0.3) is 0 Å². The van der Waals surface area contributed by atoms with Crippen LogP contribution in [-0.4, -0.2) is 30.7 Å². The molecule has 1 aromatic carbocycles. The van der Waals surface area contributed by atoms with Gasteiger partial charge in [-0.05, 0) is 24.5 Å². The molecule has 1 radical (unpaired) electrons. The van der Waals surface area contributed by atoms with Crippen LogP contribution in [0.25, 0.3) is 0 Å². The first-order chi connectivity index (χ1) is 11.4. The maximum absolute atomic E-state index is 10.5. The first-order valence-electron chi connectivity index (χ1n) is 8.37. The summed E-state index contributed by atoms with van der Waals surface area (Å²) in [6.45, 7) is 2.35. The Morgan fingerprint density at radius 1 is 0.958 bits per heavy atom. The monoisotopic (exact) mass is 361 g/mol. The Hall–Kier alpha value is -1.15. The van der Waals surface area contributed by atoms with Crippen molar-refractivity contribution in [2.75, 3.05) is 13.2 Å². The lowest BCUT2D eigenvalue weighted by Crippen LogP contribution is -2.03. The van der Waals surface area contributed by atoms with Crippen molar-refractivity contribution in [3.8, 4) is 5.75 Å². The maximum Gasteiger partial charge on any atom is 0.394 e. The average Bonchev–Trinajstić information content (AvgIpc) is 2.51. The van der Waals surface area contributed by atoms with Gasteiger partial charge in [0, 0.05) is 0 Å². The fraction of sp³-hybridized carbons (Fsp3) is 0.647. The van der Waals surface area contributed by atoms with Gasteiger partial charge in [0.05, 0.1) is 0 Å². The van der Waals surface area contributed by atoms with Crippen molar-refractivity contribution in [2.24, 2.45) is 0 Å². The summed E-state index contributed by atoms with van der Waals surface area (Å²) >= 11 is 0. The van der Waals surface area contributed by atoms with Crippen molar-refractivity contribution in [3.05, 3.63) is 29.8 Å². The molecule has 0 saturated heterocycles. The zero-order valence-electron chi connectivity index (χ0n) is 14.3. The third-order valence-electron chi connectivity index (χ3n) is 3.36. The molecule has 0 aromatic heterocycles. The molecular weight excluding hydrogens is 332 g/mol. The highest BCUT2D eigenvalue weighted by Crippen LogP contribution is 2.20. The largest absolute Gasteiger partial charge is 0.491 e. The van der Waals surface area contributed by atoms with E-state index >= 15 is 0 Å². The molecule has 0 amide bonds. The Labute approximate surface area is 145 Å². The minimum absolute atomic E-state index is 0.175. The predicted molar refractivity (Wildman–Crippen MR) is 93.4 cm³/mol. The predicted octanol–water partition coefficient (Wildman–Crippen LogP) is 4.14. The molecule has 0 saturated carbocycles. The van der Waals surface area contributed by atoms with Crippen molar-refractivity contribution in [1.29, 1.82) is 0 Å². The molecule has 7 heteroatoms. The lowest BCUT2D eigenvalue weighted by Gasteiger charge is -2.10. The molecule has 139 valence electrons. The van der Waals surface area contributed by atoms with Crippen LogP contribution in [0.3, 0.4) is 0 Å². The van der Waals surface area contributed by atoms with Gasteiger partial charge in [0.15, 0.2) is 0 Å². The summed E-state index contributed by atoms with van der Waals surface area (Å²) in [7, 11) is -4.67. The highest BCUT2D eigenvalue weighted by atomic mass is 32.3. The van der Waals surface area contributed by atoms with Crippen LogP contribution < -0.4 is 4.74 Å². The Balaban J connectivity index is 0.000000922. The molecule has 0 aliphatic heterocycles. The summed E-state index contributed by atoms with van der Waals surface area (Å²) in [6, 6.07) is 8.08. The first-order valence-corrected chi connectivity index (χ1v) is 9.76. The number of hydrogen-bond donors (Lipinski definition) is 2. The summed E-state index contributed by atoms with van der Waals surface area (Å²) in [5.74, 6) is 0.893. The van der Waals surface area contributed by atoms with Gasteiger partial charge in [-0.1, -0.05) is 63.6 Å². The normalized spacial score (nSPS) is 10.8. The molecule has 0 heterocycles. The topological polar surface area (TPSA) is 104 Å². The van der Waals surface area contributed by atoms with E-state index in [2.05, 4.69) is 13.0 Å². The van der Waals surface area contributed by atoms with Crippen molar-refractivity contribution in [3.63, 3.8) is 0 Å². The summed E-state index contributed by atoms with van der Waals surface area (Å²) in [6.07, 6.45) is 10.3. The molecule has 0 spiro atoms. The average molecular weight is 361 g/mol. The number of hydrogen-bond acceptors (Lipinski definition) is 3. The third-order valence-corrected chi connectivity index (χ3v) is 3.36. The molecule has 6 nitrogen and oxygen atoms in total. The number of rotatable bonds is 11. The third kappa shape index (κ3) is 15.7. The summed E-state index contributed by atoms with van der Waals surface area (Å²) in [5, 5.41) is 10.5. The Kier molecular flexibility index (Phi) is 13.5. The molecule has 0 fully saturated rings. The highest BCUT2D eigenvalue weighted by molar-refractivity contribution is 7.79. The van der Waals surface area contributed by atoms with Crippen molar-refractivity contribution in [2.45, 2.75) is 58.3 Å². The minimum atomic E-state index is -4.67. The molecule has 0 bridgehead atoms. The fourth-order valence-electron chi connectivity index (χ4n) is 2.28. The van der Waals surface area contributed by atoms with Crippen LogP contribution in [0.15, 0.2) is 24.3 Å². The van der Waals surface area contributed by atoms with Crippen molar-refractivity contribution in [1.82, 2.24) is 0 Å². The quantitative estimate of drug-likeness (QED) is 0.455. The summed E-state index contributed by atoms with van der Waals surface area (Å²) in [5.41, 5.74) is 1.24. The molecule has 0 atom stereocenters. The highest BCUT2D eigenvalue weighted by Gasteiger charge is 2.02. The van der Waals surface area contributed by atoms with Gasteiger partial charge in [0.1, 0.15) is 19.0 Å². The van der Waals surface area contributed by atoms with E-state index in [4.69, 9.17) is 22.3 Å². The number of benzene rings is 1. The Bertz CT molecular complexity index is 508. The number of unbranched alkanes of at least 4 members (excludes halogenated alkanes) is 6. The molecule has 0 aliphatic carbocycles. The van der Waals surface area contributed by atoms with Crippen molar-refractivity contribution < 1.29 is 27.4 Å². The zero-order valence-corrected chi connectivity index (χ0v) is 15.1. The number of para-hydroxylation sites is 1. The molecule has 1 rings (SSSR count). The smallest absolute Gasteiger partial charge is 0.394 e. The van der Waals surface area contributed by atoms with Gasteiger partial charge in [-0.25, -0.2) is 5.11 Å². The lowest BCUT2D eigenvalue weighted by atomic mass is 10.0. The SMILES string of the molecule is CCCCCCCCCc1ccccc1OCC[O].O=S(=O)(O)O. The van der Waals surface area contributed by atoms with Gasteiger partial charge in [-0.3, -0.25) is 9.11 Å². The van der Waals surface area contributed by atoms with E-state index in [0.29, 0.717) is 0 Å². The summed E-state index contributed by atoms with van der Waals surface area (Å²) in [4.78, 5) is 0. The minimum Gasteiger partial charge on any atom is -0.491 e. The van der Waals surface area contributed by atoms with Gasteiger partial charge >= 0.3 is 10.4 Å². The molecular formula is C17H29O6S. The number of ether oxygens (including phenoxy) is 1. The van der Waals surface area contributed by atoms with Crippen LogP contribution in [-0.2, 0) is 21.9 Å². The van der Waals surface area contributed by atoms with Gasteiger partial charge in [0.2, 0.25) is 0 Å². The molecule has 1 aromatic rings. The molecule has 0 unspecified atom stereocenters. The first kappa shape index (κ1) is 22.9. The van der Waals surface area contributed by atoms with E-state index in [1.165, 1.54) is 50.5 Å². The van der Waals surface area contributed by atoms with Gasteiger partial charge in [-0.15, -0.1) is 0 Å². The zero-order chi connectivity index (χ0) is 18.3. The second-order valence-corrected chi connectivity index (χ2v) is 6.38. The van der Waals surface area contributed by atoms with E-state index in [0.717, 1.165) is 12.2 Å². The van der Waals surface area contributed by atoms with Crippen molar-refractivity contribution >= 4 is 10.4 Å². The second kappa shape index (κ2) is 14.2. The van der Waals surface area contributed by atoms with Crippen LogP contribution in [0.4, 0.5) is 0 Å². The Morgan fingerprint density at radius 3 is 2.08 bits per heavy atom. The van der Waals surface area contributed by atoms with E-state index in [1.807, 2.05) is 18.2 Å². The maximum atomic E-state index is 10.5. The second-order valence-electron chi connectivity index (χ2n) is 5.48. The number of aryl methyl sites for hydroxylation is 1. The van der Waals surface area contributed by atoms with E-state index in [9.17, 15) is 5.11 Å². The van der Waals surface area contributed by atoms with Crippen LogP contribution in [0.2, 0.25) is 0 Å². The molecule has 0 aliphatic rings. The standard InChI is InChI=1S/C17H27O2.H2O4S/c1-2-3-4-5-6-7-8-11-16-12-9-10-13-17(16)19-15-14-18;1-5(2,3)4/h9-10,12-13H,2-8,11,14-15H2,1H3;(H2,1,2,3,4). The van der Waals surface area contributed by atoms with E-state index in [-0.39, 0.29) is 13.2 Å². The Morgan fingerprint density at radius 2 is 1.50 bits per heavy atom. The lowest BCUT2D eigenvalue weighted by molar-refractivity contribution is 0.137. The van der Waals surface area contributed by atoms with Gasteiger partial charge in [-0.2, -0.15) is 8.42 Å². The van der Waals surface area contributed by atoms with Crippen LogP contribution in [0.5, 0.6) is 5.75 Å². The van der Waals surface area contributed by atoms with E-state index < -0.39 is 10.4 Å². The molecule has 24 heavy (non-hydrogen) atoms. The molecule has 2 N–H and O–H groups in total. The van der Waals surface area contributed by atoms with Crippen LogP contribution in [0, 0.1) is 0 Å². The fourth-order valence-corrected chi connectivity index (χ4v) is 2.28. The van der Waals surface area contributed by atoms with Crippen LogP contribution >= 0.6 is 0 Å².